The average molecular weight is 348 g/mol. The molecule has 1 N–H and O–H groups in total. The molecule has 2 rings (SSSR count). The molecule has 0 radical (unpaired) electrons. The van der Waals surface area contributed by atoms with Crippen LogP contribution in [0.3, 0.4) is 0 Å². The fourth-order valence-corrected chi connectivity index (χ4v) is 3.04. The molecule has 0 unspecified atom stereocenters. The number of rotatable bonds is 8. The molecule has 1 aromatic rings. The Hall–Kier alpha value is -1.63. The van der Waals surface area contributed by atoms with Gasteiger partial charge in [-0.25, -0.2) is 0 Å². The highest BCUT2D eigenvalue weighted by Crippen LogP contribution is 2.24. The van der Waals surface area contributed by atoms with Crippen LogP contribution in [0.2, 0.25) is 0 Å². The van der Waals surface area contributed by atoms with Crippen LogP contribution in [0.1, 0.15) is 18.5 Å². The lowest BCUT2D eigenvalue weighted by Crippen LogP contribution is -2.48. The Kier molecular flexibility index (Phi) is 7.68. The van der Waals surface area contributed by atoms with E-state index in [1.807, 2.05) is 21.0 Å². The molecule has 6 nitrogen and oxygen atoms in total. The minimum atomic E-state index is -0.0501. The molecule has 1 fully saturated rings. The van der Waals surface area contributed by atoms with E-state index in [1.165, 1.54) is 11.3 Å². The second-order valence-electron chi connectivity index (χ2n) is 6.78. The number of hydrogen-bond donors (Lipinski definition) is 1. The molecule has 6 heteroatoms. The summed E-state index contributed by atoms with van der Waals surface area (Å²) in [7, 11) is 6.24. The van der Waals surface area contributed by atoms with Crippen molar-refractivity contribution < 1.29 is 9.53 Å². The minimum absolute atomic E-state index is 0.0501. The van der Waals surface area contributed by atoms with Gasteiger partial charge in [-0.1, -0.05) is 12.1 Å². The third kappa shape index (κ3) is 5.99. The monoisotopic (exact) mass is 348 g/mol. The SMILES string of the molecule is CCOCC(=O)NC[C@@H](c1ccc(N(C)C)cc1)N1CCN(C)CC1. The van der Waals surface area contributed by atoms with E-state index < -0.39 is 0 Å². The Morgan fingerprint density at radius 1 is 1.20 bits per heavy atom. The highest BCUT2D eigenvalue weighted by atomic mass is 16.5. The van der Waals surface area contributed by atoms with Crippen LogP contribution >= 0.6 is 0 Å². The molecule has 0 aromatic heterocycles. The standard InChI is InChI=1S/C19H32N4O2/c1-5-25-15-19(24)20-14-18(23-12-10-22(4)11-13-23)16-6-8-17(9-7-16)21(2)3/h6-9,18H,5,10-15H2,1-4H3,(H,20,24)/t18-/m0/s1. The van der Waals surface area contributed by atoms with E-state index in [-0.39, 0.29) is 18.6 Å². The van der Waals surface area contributed by atoms with E-state index >= 15 is 0 Å². The van der Waals surface area contributed by atoms with Gasteiger partial charge in [-0.05, 0) is 31.7 Å². The van der Waals surface area contributed by atoms with Crippen LogP contribution in [-0.2, 0) is 9.53 Å². The molecule has 1 saturated heterocycles. The quantitative estimate of drug-likeness (QED) is 0.765. The predicted molar refractivity (Wildman–Crippen MR) is 102 cm³/mol. The zero-order valence-corrected chi connectivity index (χ0v) is 16.0. The summed E-state index contributed by atoms with van der Waals surface area (Å²) >= 11 is 0. The smallest absolute Gasteiger partial charge is 0.246 e. The number of carbonyl (C=O) groups excluding carboxylic acids is 1. The fraction of sp³-hybridized carbons (Fsp3) is 0.632. The second kappa shape index (κ2) is 9.75. The summed E-state index contributed by atoms with van der Waals surface area (Å²) in [6.45, 7) is 7.32. The number of piperazine rings is 1. The van der Waals surface area contributed by atoms with Crippen molar-refractivity contribution in [3.8, 4) is 0 Å². The third-order valence-corrected chi connectivity index (χ3v) is 4.70. The van der Waals surface area contributed by atoms with Crippen LogP contribution in [0.25, 0.3) is 0 Å². The molecule has 0 spiro atoms. The van der Waals surface area contributed by atoms with Crippen molar-refractivity contribution in [3.05, 3.63) is 29.8 Å². The number of hydrogen-bond acceptors (Lipinski definition) is 5. The topological polar surface area (TPSA) is 48.1 Å². The largest absolute Gasteiger partial charge is 0.378 e. The van der Waals surface area contributed by atoms with E-state index in [2.05, 4.69) is 51.3 Å². The molecule has 0 aliphatic carbocycles. The molecule has 0 bridgehead atoms. The van der Waals surface area contributed by atoms with Crippen molar-refractivity contribution in [3.63, 3.8) is 0 Å². The van der Waals surface area contributed by atoms with E-state index in [0.717, 1.165) is 26.2 Å². The third-order valence-electron chi connectivity index (χ3n) is 4.70. The van der Waals surface area contributed by atoms with Crippen LogP contribution in [0, 0.1) is 0 Å². The highest BCUT2D eigenvalue weighted by Gasteiger charge is 2.24. The number of nitrogens with zero attached hydrogens (tertiary/aromatic N) is 3. The van der Waals surface area contributed by atoms with Gasteiger partial charge in [0.1, 0.15) is 6.61 Å². The summed E-state index contributed by atoms with van der Waals surface area (Å²) < 4.78 is 5.20. The first-order valence-corrected chi connectivity index (χ1v) is 9.05. The molecule has 0 saturated carbocycles. The summed E-state index contributed by atoms with van der Waals surface area (Å²) in [5.74, 6) is -0.0501. The maximum atomic E-state index is 11.9. The van der Waals surface area contributed by atoms with Crippen molar-refractivity contribution in [2.75, 3.05) is 72.0 Å². The first-order valence-electron chi connectivity index (χ1n) is 9.05. The van der Waals surface area contributed by atoms with Gasteiger partial charge in [0.2, 0.25) is 5.91 Å². The number of nitrogens with one attached hydrogen (secondary N) is 1. The predicted octanol–water partition coefficient (Wildman–Crippen LogP) is 1.19. The Balaban J connectivity index is 2.06. The van der Waals surface area contributed by atoms with Crippen molar-refractivity contribution in [1.29, 1.82) is 0 Å². The van der Waals surface area contributed by atoms with Gasteiger partial charge < -0.3 is 19.9 Å². The van der Waals surface area contributed by atoms with Crippen LogP contribution < -0.4 is 10.2 Å². The molecule has 1 atom stereocenters. The van der Waals surface area contributed by atoms with E-state index in [0.29, 0.717) is 13.2 Å². The molecule has 140 valence electrons. The number of ether oxygens (including phenoxy) is 1. The average Bonchev–Trinajstić information content (AvgIpc) is 2.62. The molecule has 1 aliphatic heterocycles. The first-order chi connectivity index (χ1) is 12.0. The molecular formula is C19H32N4O2. The van der Waals surface area contributed by atoms with Crippen LogP contribution in [0.15, 0.2) is 24.3 Å². The number of anilines is 1. The number of carbonyl (C=O) groups is 1. The van der Waals surface area contributed by atoms with Crippen molar-refractivity contribution >= 4 is 11.6 Å². The Bertz CT molecular complexity index is 525. The molecular weight excluding hydrogens is 316 g/mol. The summed E-state index contributed by atoms with van der Waals surface area (Å²) in [6, 6.07) is 8.82. The minimum Gasteiger partial charge on any atom is -0.378 e. The van der Waals surface area contributed by atoms with E-state index in [9.17, 15) is 4.79 Å². The van der Waals surface area contributed by atoms with Crippen molar-refractivity contribution in [2.45, 2.75) is 13.0 Å². The molecule has 1 heterocycles. The summed E-state index contributed by atoms with van der Waals surface area (Å²) in [6.07, 6.45) is 0. The van der Waals surface area contributed by atoms with Gasteiger partial charge in [0.25, 0.3) is 0 Å². The van der Waals surface area contributed by atoms with Crippen LogP contribution in [0.4, 0.5) is 5.69 Å². The van der Waals surface area contributed by atoms with Gasteiger partial charge >= 0.3 is 0 Å². The van der Waals surface area contributed by atoms with E-state index in [4.69, 9.17) is 4.74 Å². The summed E-state index contributed by atoms with van der Waals surface area (Å²) in [4.78, 5) is 18.8. The molecule has 25 heavy (non-hydrogen) atoms. The number of amides is 1. The van der Waals surface area contributed by atoms with Gasteiger partial charge in [-0.2, -0.15) is 0 Å². The van der Waals surface area contributed by atoms with Crippen molar-refractivity contribution in [2.24, 2.45) is 0 Å². The lowest BCUT2D eigenvalue weighted by molar-refractivity contribution is -0.125. The van der Waals surface area contributed by atoms with Gasteiger partial charge in [0.15, 0.2) is 0 Å². The zero-order valence-electron chi connectivity index (χ0n) is 16.0. The Labute approximate surface area is 151 Å². The van der Waals surface area contributed by atoms with Crippen LogP contribution in [-0.4, -0.2) is 82.8 Å². The van der Waals surface area contributed by atoms with Gasteiger partial charge in [0.05, 0.1) is 6.04 Å². The summed E-state index contributed by atoms with van der Waals surface area (Å²) in [5, 5.41) is 3.03. The van der Waals surface area contributed by atoms with Crippen LogP contribution in [0.5, 0.6) is 0 Å². The summed E-state index contributed by atoms with van der Waals surface area (Å²) in [5.41, 5.74) is 2.42. The normalized spacial score (nSPS) is 17.3. The highest BCUT2D eigenvalue weighted by molar-refractivity contribution is 5.77. The molecule has 1 amide bonds. The maximum absolute atomic E-state index is 11.9. The number of benzene rings is 1. The molecule has 1 aliphatic rings. The maximum Gasteiger partial charge on any atom is 0.246 e. The molecule has 1 aromatic carbocycles. The van der Waals surface area contributed by atoms with Crippen molar-refractivity contribution in [1.82, 2.24) is 15.1 Å². The second-order valence-corrected chi connectivity index (χ2v) is 6.78. The Morgan fingerprint density at radius 3 is 2.40 bits per heavy atom. The van der Waals surface area contributed by atoms with Gasteiger partial charge in [0, 0.05) is 59.1 Å². The fourth-order valence-electron chi connectivity index (χ4n) is 3.04. The Morgan fingerprint density at radius 2 is 1.84 bits per heavy atom. The lowest BCUT2D eigenvalue weighted by Gasteiger charge is -2.38. The lowest BCUT2D eigenvalue weighted by atomic mass is 10.0. The first kappa shape index (κ1) is 19.7. The zero-order chi connectivity index (χ0) is 18.2. The van der Waals surface area contributed by atoms with Gasteiger partial charge in [-0.15, -0.1) is 0 Å². The van der Waals surface area contributed by atoms with E-state index in [1.54, 1.807) is 0 Å². The number of likely N-dealkylation sites (N-methyl/N-ethyl adjacent to an activating group) is 1. The van der Waals surface area contributed by atoms with Gasteiger partial charge in [-0.3, -0.25) is 9.69 Å².